The maximum Gasteiger partial charge on any atom is 0.238 e. The summed E-state index contributed by atoms with van der Waals surface area (Å²) in [5.41, 5.74) is 0.890. The molecule has 1 saturated heterocycles. The van der Waals surface area contributed by atoms with Crippen LogP contribution < -0.4 is 5.32 Å². The molecule has 2 rings (SSSR count). The largest absolute Gasteiger partial charge is 0.379 e. The molecule has 5 heteroatoms. The van der Waals surface area contributed by atoms with Crippen LogP contribution in [0.15, 0.2) is 24.3 Å². The second-order valence-corrected chi connectivity index (χ2v) is 5.39. The van der Waals surface area contributed by atoms with E-state index in [1.165, 1.54) is 12.1 Å². The second kappa shape index (κ2) is 6.81. The van der Waals surface area contributed by atoms with Crippen LogP contribution in [0.1, 0.15) is 25.6 Å². The van der Waals surface area contributed by atoms with Crippen LogP contribution in [-0.4, -0.2) is 37.1 Å². The van der Waals surface area contributed by atoms with E-state index in [9.17, 15) is 9.18 Å². The van der Waals surface area contributed by atoms with Gasteiger partial charge in [0.25, 0.3) is 0 Å². The maximum atomic E-state index is 13.0. The van der Waals surface area contributed by atoms with Crippen LogP contribution in [-0.2, 0) is 9.53 Å². The Morgan fingerprint density at radius 1 is 1.40 bits per heavy atom. The Hall–Kier alpha value is -1.46. The predicted molar refractivity (Wildman–Crippen MR) is 74.5 cm³/mol. The number of benzene rings is 1. The summed E-state index contributed by atoms with van der Waals surface area (Å²) in [5.74, 6) is 0.257. The molecule has 1 amide bonds. The standard InChI is InChI=1S/C15H21FN2O2/c1-11(2)10-20-8-7-18-14(19)9-17-15(18)12-3-5-13(16)6-4-12/h3-6,11,15,17H,7-10H2,1-2H3. The fourth-order valence-corrected chi connectivity index (χ4v) is 2.22. The van der Waals surface area contributed by atoms with Gasteiger partial charge in [-0.25, -0.2) is 4.39 Å². The van der Waals surface area contributed by atoms with E-state index in [-0.39, 0.29) is 17.9 Å². The summed E-state index contributed by atoms with van der Waals surface area (Å²) in [6.45, 7) is 6.24. The maximum absolute atomic E-state index is 13.0. The molecule has 1 aromatic carbocycles. The number of hydrogen-bond acceptors (Lipinski definition) is 3. The van der Waals surface area contributed by atoms with Crippen LogP contribution in [0.3, 0.4) is 0 Å². The van der Waals surface area contributed by atoms with E-state index in [1.807, 2.05) is 0 Å². The highest BCUT2D eigenvalue weighted by Crippen LogP contribution is 2.22. The lowest BCUT2D eigenvalue weighted by Gasteiger charge is -2.24. The van der Waals surface area contributed by atoms with Crippen LogP contribution in [0.25, 0.3) is 0 Å². The van der Waals surface area contributed by atoms with Gasteiger partial charge in [-0.2, -0.15) is 0 Å². The first-order chi connectivity index (χ1) is 9.58. The van der Waals surface area contributed by atoms with Crippen molar-refractivity contribution in [1.82, 2.24) is 10.2 Å². The van der Waals surface area contributed by atoms with Crippen molar-refractivity contribution in [3.8, 4) is 0 Å². The Kier molecular flexibility index (Phi) is 5.09. The first-order valence-electron chi connectivity index (χ1n) is 6.94. The Balaban J connectivity index is 1.94. The zero-order chi connectivity index (χ0) is 14.5. The van der Waals surface area contributed by atoms with E-state index in [0.29, 0.717) is 32.2 Å². The first-order valence-corrected chi connectivity index (χ1v) is 6.94. The Morgan fingerprint density at radius 3 is 2.75 bits per heavy atom. The van der Waals surface area contributed by atoms with Gasteiger partial charge in [-0.1, -0.05) is 26.0 Å². The normalized spacial score (nSPS) is 19.1. The first kappa shape index (κ1) is 14.9. The summed E-state index contributed by atoms with van der Waals surface area (Å²) in [4.78, 5) is 13.6. The van der Waals surface area contributed by atoms with Crippen LogP contribution >= 0.6 is 0 Å². The van der Waals surface area contributed by atoms with Gasteiger partial charge in [0.15, 0.2) is 0 Å². The smallest absolute Gasteiger partial charge is 0.238 e. The number of nitrogens with zero attached hydrogens (tertiary/aromatic N) is 1. The van der Waals surface area contributed by atoms with Crippen LogP contribution in [0.2, 0.25) is 0 Å². The molecule has 1 unspecified atom stereocenters. The van der Waals surface area contributed by atoms with Crippen molar-refractivity contribution in [1.29, 1.82) is 0 Å². The average Bonchev–Trinajstić information content (AvgIpc) is 2.77. The number of amides is 1. The van der Waals surface area contributed by atoms with E-state index in [4.69, 9.17) is 4.74 Å². The number of carbonyl (C=O) groups excluding carboxylic acids is 1. The van der Waals surface area contributed by atoms with Crippen LogP contribution in [0, 0.1) is 11.7 Å². The minimum atomic E-state index is -0.273. The van der Waals surface area contributed by atoms with Crippen molar-refractivity contribution in [3.05, 3.63) is 35.6 Å². The minimum Gasteiger partial charge on any atom is -0.379 e. The lowest BCUT2D eigenvalue weighted by Crippen LogP contribution is -2.33. The fourth-order valence-electron chi connectivity index (χ4n) is 2.22. The Morgan fingerprint density at radius 2 is 2.10 bits per heavy atom. The molecular weight excluding hydrogens is 259 g/mol. The summed E-state index contributed by atoms with van der Waals surface area (Å²) in [5, 5.41) is 3.14. The summed E-state index contributed by atoms with van der Waals surface area (Å²) < 4.78 is 18.5. The molecule has 1 N–H and O–H groups in total. The molecule has 1 heterocycles. The van der Waals surface area contributed by atoms with Gasteiger partial charge in [0, 0.05) is 13.2 Å². The third kappa shape index (κ3) is 3.77. The van der Waals surface area contributed by atoms with Crippen molar-refractivity contribution in [2.45, 2.75) is 20.0 Å². The quantitative estimate of drug-likeness (QED) is 0.810. The van der Waals surface area contributed by atoms with E-state index >= 15 is 0 Å². The number of ether oxygens (including phenoxy) is 1. The molecule has 0 saturated carbocycles. The average molecular weight is 280 g/mol. The third-order valence-corrected chi connectivity index (χ3v) is 3.19. The molecule has 1 aromatic rings. The lowest BCUT2D eigenvalue weighted by atomic mass is 10.1. The number of halogens is 1. The molecule has 0 aliphatic carbocycles. The second-order valence-electron chi connectivity index (χ2n) is 5.39. The lowest BCUT2D eigenvalue weighted by molar-refractivity contribution is -0.128. The zero-order valence-electron chi connectivity index (χ0n) is 11.9. The number of rotatable bonds is 6. The summed E-state index contributed by atoms with van der Waals surface area (Å²) in [7, 11) is 0. The van der Waals surface area contributed by atoms with Gasteiger partial charge >= 0.3 is 0 Å². The molecule has 0 radical (unpaired) electrons. The van der Waals surface area contributed by atoms with Crippen molar-refractivity contribution in [2.75, 3.05) is 26.3 Å². The predicted octanol–water partition coefficient (Wildman–Crippen LogP) is 1.93. The van der Waals surface area contributed by atoms with Gasteiger partial charge < -0.3 is 9.64 Å². The Labute approximate surface area is 118 Å². The summed E-state index contributed by atoms with van der Waals surface area (Å²) in [6.07, 6.45) is -0.189. The third-order valence-electron chi connectivity index (χ3n) is 3.19. The zero-order valence-corrected chi connectivity index (χ0v) is 11.9. The highest BCUT2D eigenvalue weighted by Gasteiger charge is 2.31. The van der Waals surface area contributed by atoms with Crippen LogP contribution in [0.5, 0.6) is 0 Å². The number of carbonyl (C=O) groups is 1. The minimum absolute atomic E-state index is 0.0486. The highest BCUT2D eigenvalue weighted by molar-refractivity contribution is 5.80. The molecule has 110 valence electrons. The van der Waals surface area contributed by atoms with Gasteiger partial charge in [-0.3, -0.25) is 10.1 Å². The van der Waals surface area contributed by atoms with Gasteiger partial charge in [-0.05, 0) is 23.6 Å². The number of hydrogen-bond donors (Lipinski definition) is 1. The van der Waals surface area contributed by atoms with E-state index in [2.05, 4.69) is 19.2 Å². The molecule has 20 heavy (non-hydrogen) atoms. The van der Waals surface area contributed by atoms with Crippen molar-refractivity contribution >= 4 is 5.91 Å². The molecule has 0 spiro atoms. The van der Waals surface area contributed by atoms with E-state index < -0.39 is 0 Å². The van der Waals surface area contributed by atoms with Crippen LogP contribution in [0.4, 0.5) is 4.39 Å². The molecule has 4 nitrogen and oxygen atoms in total. The van der Waals surface area contributed by atoms with Crippen molar-refractivity contribution in [3.63, 3.8) is 0 Å². The highest BCUT2D eigenvalue weighted by atomic mass is 19.1. The van der Waals surface area contributed by atoms with E-state index in [1.54, 1.807) is 17.0 Å². The number of nitrogens with one attached hydrogen (secondary N) is 1. The molecule has 0 bridgehead atoms. The van der Waals surface area contributed by atoms with Gasteiger partial charge in [-0.15, -0.1) is 0 Å². The fraction of sp³-hybridized carbons (Fsp3) is 0.533. The molecule has 0 aromatic heterocycles. The van der Waals surface area contributed by atoms with E-state index in [0.717, 1.165) is 5.56 Å². The molecule has 1 aliphatic rings. The SMILES string of the molecule is CC(C)COCCN1C(=O)CNC1c1ccc(F)cc1. The summed E-state index contributed by atoms with van der Waals surface area (Å²) in [6, 6.07) is 6.22. The monoisotopic (exact) mass is 280 g/mol. The Bertz CT molecular complexity index is 448. The van der Waals surface area contributed by atoms with Gasteiger partial charge in [0.2, 0.25) is 5.91 Å². The van der Waals surface area contributed by atoms with Gasteiger partial charge in [0.05, 0.1) is 13.2 Å². The molecule has 1 aliphatic heterocycles. The van der Waals surface area contributed by atoms with Crippen molar-refractivity contribution in [2.24, 2.45) is 5.92 Å². The van der Waals surface area contributed by atoms with Gasteiger partial charge in [0.1, 0.15) is 12.0 Å². The molecule has 1 fully saturated rings. The van der Waals surface area contributed by atoms with Crippen molar-refractivity contribution < 1.29 is 13.9 Å². The molecular formula is C15H21FN2O2. The topological polar surface area (TPSA) is 41.6 Å². The summed E-state index contributed by atoms with van der Waals surface area (Å²) >= 11 is 0. The molecule has 1 atom stereocenters.